The maximum atomic E-state index is 10.2. The van der Waals surface area contributed by atoms with Crippen LogP contribution in [0.1, 0.15) is 17.2 Å². The van der Waals surface area contributed by atoms with Gasteiger partial charge in [0.05, 0.1) is 12.1 Å². The third-order valence-corrected chi connectivity index (χ3v) is 3.68. The van der Waals surface area contributed by atoms with E-state index in [-0.39, 0.29) is 18.4 Å². The van der Waals surface area contributed by atoms with Crippen molar-refractivity contribution in [2.24, 2.45) is 5.73 Å². The van der Waals surface area contributed by atoms with Crippen LogP contribution >= 0.6 is 35.0 Å². The van der Waals surface area contributed by atoms with E-state index < -0.39 is 6.10 Å². The molecule has 0 heterocycles. The minimum atomic E-state index is -0.563. The van der Waals surface area contributed by atoms with Crippen molar-refractivity contribution in [3.05, 3.63) is 69.3 Å². The molecule has 0 amide bonds. The molecule has 2 nitrogen and oxygen atoms in total. The van der Waals surface area contributed by atoms with Gasteiger partial charge in [-0.05, 0) is 45.9 Å². The van der Waals surface area contributed by atoms with Crippen LogP contribution in [-0.4, -0.2) is 11.2 Å². The number of benzene rings is 2. The molecule has 0 fully saturated rings. The van der Waals surface area contributed by atoms with Gasteiger partial charge in [0.25, 0.3) is 0 Å². The van der Waals surface area contributed by atoms with Gasteiger partial charge in [-0.3, -0.25) is 0 Å². The average Bonchev–Trinajstić information content (AvgIpc) is 2.40. The first kappa shape index (κ1) is 16.4. The number of aliphatic hydroxyl groups is 1. The zero-order chi connectivity index (χ0) is 13.0. The molecule has 0 aliphatic carbocycles. The molecule has 0 saturated heterocycles. The molecule has 0 radical (unpaired) electrons. The van der Waals surface area contributed by atoms with E-state index in [0.29, 0.717) is 6.42 Å². The highest BCUT2D eigenvalue weighted by Crippen LogP contribution is 2.18. The van der Waals surface area contributed by atoms with E-state index in [4.69, 9.17) is 5.73 Å². The Morgan fingerprint density at radius 1 is 1.00 bits per heavy atom. The Morgan fingerprint density at radius 3 is 2.16 bits per heavy atom. The molecule has 2 aromatic rings. The van der Waals surface area contributed by atoms with Crippen LogP contribution in [0.4, 0.5) is 0 Å². The first-order valence-electron chi connectivity index (χ1n) is 5.90. The fraction of sp³-hybridized carbons (Fsp3) is 0.200. The van der Waals surface area contributed by atoms with Crippen LogP contribution in [0.25, 0.3) is 0 Å². The third kappa shape index (κ3) is 4.76. The first-order chi connectivity index (χ1) is 8.66. The van der Waals surface area contributed by atoms with Gasteiger partial charge in [0.1, 0.15) is 0 Å². The summed E-state index contributed by atoms with van der Waals surface area (Å²) in [5.41, 5.74) is 8.16. The summed E-state index contributed by atoms with van der Waals surface area (Å²) in [4.78, 5) is 0. The summed E-state index contributed by atoms with van der Waals surface area (Å²) >= 11 is 2.25. The fourth-order valence-electron chi connectivity index (χ4n) is 1.89. The van der Waals surface area contributed by atoms with Gasteiger partial charge in [0.15, 0.2) is 0 Å². The normalized spacial score (nSPS) is 13.4. The highest BCUT2D eigenvalue weighted by molar-refractivity contribution is 14.1. The lowest BCUT2D eigenvalue weighted by atomic mass is 9.97. The first-order valence-corrected chi connectivity index (χ1v) is 6.98. The van der Waals surface area contributed by atoms with Gasteiger partial charge in [0.2, 0.25) is 0 Å². The van der Waals surface area contributed by atoms with Crippen LogP contribution in [-0.2, 0) is 6.42 Å². The molecule has 0 bridgehead atoms. The maximum absolute atomic E-state index is 10.2. The van der Waals surface area contributed by atoms with Crippen molar-refractivity contribution in [1.29, 1.82) is 0 Å². The van der Waals surface area contributed by atoms with Gasteiger partial charge < -0.3 is 10.8 Å². The summed E-state index contributed by atoms with van der Waals surface area (Å²) < 4.78 is 1.17. The molecule has 2 rings (SSSR count). The highest BCUT2D eigenvalue weighted by Gasteiger charge is 2.16. The molecule has 0 aliphatic heterocycles. The van der Waals surface area contributed by atoms with Crippen molar-refractivity contribution in [1.82, 2.24) is 0 Å². The summed E-state index contributed by atoms with van der Waals surface area (Å²) in [5, 5.41) is 10.2. The molecule has 0 saturated carbocycles. The number of nitrogens with two attached hydrogens (primary N) is 1. The molecule has 102 valence electrons. The Kier molecular flexibility index (Phi) is 6.79. The maximum Gasteiger partial charge on any atom is 0.0773 e. The average molecular weight is 390 g/mol. The van der Waals surface area contributed by atoms with Crippen LogP contribution in [0, 0.1) is 3.57 Å². The second kappa shape index (κ2) is 7.85. The van der Waals surface area contributed by atoms with Crippen molar-refractivity contribution in [3.8, 4) is 0 Å². The van der Waals surface area contributed by atoms with Crippen LogP contribution in [0.3, 0.4) is 0 Å². The van der Waals surface area contributed by atoms with Crippen molar-refractivity contribution in [2.45, 2.75) is 18.6 Å². The lowest BCUT2D eigenvalue weighted by molar-refractivity contribution is 0.145. The summed E-state index contributed by atoms with van der Waals surface area (Å²) in [6.45, 7) is 0. The van der Waals surface area contributed by atoms with Crippen LogP contribution in [0.2, 0.25) is 0 Å². The number of rotatable bonds is 4. The van der Waals surface area contributed by atoms with E-state index in [9.17, 15) is 5.11 Å². The smallest absolute Gasteiger partial charge is 0.0773 e. The standard InChI is InChI=1S/C15H16INO.ClH/c16-13-8-6-12(7-9-13)15(17)14(18)10-11-4-2-1-3-5-11;/h1-9,14-15,18H,10,17H2;1H/t14-,15+;/m0./s1. The zero-order valence-electron chi connectivity index (χ0n) is 10.4. The number of hydrogen-bond donors (Lipinski definition) is 2. The Hall–Kier alpha value is -0.620. The van der Waals surface area contributed by atoms with Gasteiger partial charge in [-0.2, -0.15) is 0 Å². The van der Waals surface area contributed by atoms with E-state index in [2.05, 4.69) is 22.6 Å². The molecule has 3 N–H and O–H groups in total. The topological polar surface area (TPSA) is 46.2 Å². The Labute approximate surface area is 133 Å². The molecule has 19 heavy (non-hydrogen) atoms. The third-order valence-electron chi connectivity index (χ3n) is 2.96. The molecule has 0 unspecified atom stereocenters. The van der Waals surface area contributed by atoms with E-state index in [1.807, 2.05) is 54.6 Å². The Bertz CT molecular complexity index is 489. The molecule has 2 aromatic carbocycles. The lowest BCUT2D eigenvalue weighted by Crippen LogP contribution is -2.28. The minimum Gasteiger partial charge on any atom is -0.391 e. The van der Waals surface area contributed by atoms with E-state index in [1.165, 1.54) is 3.57 Å². The van der Waals surface area contributed by atoms with E-state index in [0.717, 1.165) is 11.1 Å². The predicted octanol–water partition coefficient (Wildman–Crippen LogP) is 3.32. The zero-order valence-corrected chi connectivity index (χ0v) is 13.3. The quantitative estimate of drug-likeness (QED) is 0.788. The second-order valence-electron chi connectivity index (χ2n) is 4.33. The van der Waals surface area contributed by atoms with E-state index >= 15 is 0 Å². The molecule has 0 spiro atoms. The van der Waals surface area contributed by atoms with Crippen molar-refractivity contribution >= 4 is 35.0 Å². The van der Waals surface area contributed by atoms with Crippen LogP contribution in [0.15, 0.2) is 54.6 Å². The van der Waals surface area contributed by atoms with Crippen LogP contribution < -0.4 is 5.73 Å². The molecule has 0 aliphatic rings. The van der Waals surface area contributed by atoms with Gasteiger partial charge in [-0.1, -0.05) is 42.5 Å². The molecule has 2 atom stereocenters. The summed E-state index contributed by atoms with van der Waals surface area (Å²) in [6, 6.07) is 17.5. The van der Waals surface area contributed by atoms with Gasteiger partial charge in [-0.15, -0.1) is 12.4 Å². The minimum absolute atomic E-state index is 0. The Balaban J connectivity index is 0.00000180. The van der Waals surface area contributed by atoms with E-state index in [1.54, 1.807) is 0 Å². The summed E-state index contributed by atoms with van der Waals surface area (Å²) in [5.74, 6) is 0. The molecular formula is C15H17ClINO. The highest BCUT2D eigenvalue weighted by atomic mass is 127. The number of aliphatic hydroxyl groups excluding tert-OH is 1. The number of hydrogen-bond acceptors (Lipinski definition) is 2. The predicted molar refractivity (Wildman–Crippen MR) is 89.5 cm³/mol. The summed E-state index contributed by atoms with van der Waals surface area (Å²) in [6.07, 6.45) is 0.0148. The summed E-state index contributed by atoms with van der Waals surface area (Å²) in [7, 11) is 0. The van der Waals surface area contributed by atoms with Gasteiger partial charge in [0, 0.05) is 9.99 Å². The van der Waals surface area contributed by atoms with Gasteiger partial charge >= 0.3 is 0 Å². The Morgan fingerprint density at radius 2 is 1.58 bits per heavy atom. The lowest BCUT2D eigenvalue weighted by Gasteiger charge is -2.19. The van der Waals surface area contributed by atoms with Crippen LogP contribution in [0.5, 0.6) is 0 Å². The van der Waals surface area contributed by atoms with Crippen molar-refractivity contribution in [2.75, 3.05) is 0 Å². The van der Waals surface area contributed by atoms with Crippen molar-refractivity contribution < 1.29 is 5.11 Å². The second-order valence-corrected chi connectivity index (χ2v) is 5.58. The molecule has 4 heteroatoms. The SMILES string of the molecule is Cl.N[C@H](c1ccc(I)cc1)[C@@H](O)Cc1ccccc1. The van der Waals surface area contributed by atoms with Crippen molar-refractivity contribution in [3.63, 3.8) is 0 Å². The fourth-order valence-corrected chi connectivity index (χ4v) is 2.25. The number of halogens is 2. The molecule has 0 aromatic heterocycles. The molecular weight excluding hydrogens is 373 g/mol. The monoisotopic (exact) mass is 389 g/mol. The van der Waals surface area contributed by atoms with Gasteiger partial charge in [-0.25, -0.2) is 0 Å². The largest absolute Gasteiger partial charge is 0.391 e.